The van der Waals surface area contributed by atoms with Gasteiger partial charge in [0.05, 0.1) is 13.2 Å². The first-order chi connectivity index (χ1) is 9.13. The highest BCUT2D eigenvalue weighted by Gasteiger charge is 2.01. The molecule has 0 unspecified atom stereocenters. The molecule has 1 rings (SSSR count). The molecule has 104 valence electrons. The van der Waals surface area contributed by atoms with Crippen LogP contribution in [0.3, 0.4) is 0 Å². The maximum absolute atomic E-state index is 11.4. The number of hydrogen-bond acceptors (Lipinski definition) is 4. The Morgan fingerprint density at radius 3 is 2.53 bits per heavy atom. The van der Waals surface area contributed by atoms with Crippen LogP contribution in [0.4, 0.5) is 0 Å². The molecule has 6 nitrogen and oxygen atoms in total. The van der Waals surface area contributed by atoms with E-state index in [0.717, 1.165) is 5.56 Å². The molecule has 0 heterocycles. The van der Waals surface area contributed by atoms with Crippen molar-refractivity contribution in [2.45, 2.75) is 6.54 Å². The molecule has 0 bridgehead atoms. The van der Waals surface area contributed by atoms with Gasteiger partial charge in [0.15, 0.2) is 0 Å². The second kappa shape index (κ2) is 8.23. The molecule has 0 saturated heterocycles. The van der Waals surface area contributed by atoms with Crippen LogP contribution in [0.25, 0.3) is 0 Å². The summed E-state index contributed by atoms with van der Waals surface area (Å²) in [4.78, 5) is 22.2. The lowest BCUT2D eigenvalue weighted by molar-refractivity contribution is -0.120. The van der Waals surface area contributed by atoms with E-state index in [1.165, 1.54) is 0 Å². The second-order valence-electron chi connectivity index (χ2n) is 4.01. The minimum atomic E-state index is -0.447. The molecule has 0 fully saturated rings. The van der Waals surface area contributed by atoms with Crippen LogP contribution in [0.15, 0.2) is 24.3 Å². The molecule has 0 radical (unpaired) electrons. The van der Waals surface area contributed by atoms with Gasteiger partial charge in [0.2, 0.25) is 11.8 Å². The molecule has 1 aromatic rings. The molecule has 0 saturated carbocycles. The standard InChI is InChI=1S/C13H19N3O3/c1-19-7-6-16-12(17)9-15-8-10-2-4-11(5-3-10)13(14)18/h2-5,15H,6-9H2,1H3,(H2,14,18)(H,16,17). The van der Waals surface area contributed by atoms with Crippen LogP contribution < -0.4 is 16.4 Å². The van der Waals surface area contributed by atoms with E-state index >= 15 is 0 Å². The quantitative estimate of drug-likeness (QED) is 0.559. The minimum absolute atomic E-state index is 0.0780. The Morgan fingerprint density at radius 2 is 1.95 bits per heavy atom. The third-order valence-corrected chi connectivity index (χ3v) is 2.48. The number of carbonyl (C=O) groups is 2. The van der Waals surface area contributed by atoms with Gasteiger partial charge in [-0.25, -0.2) is 0 Å². The van der Waals surface area contributed by atoms with Gasteiger partial charge in [-0.3, -0.25) is 9.59 Å². The number of hydrogen-bond donors (Lipinski definition) is 3. The molecule has 0 atom stereocenters. The van der Waals surface area contributed by atoms with Gasteiger partial charge in [0.25, 0.3) is 0 Å². The van der Waals surface area contributed by atoms with Crippen molar-refractivity contribution in [1.82, 2.24) is 10.6 Å². The zero-order valence-corrected chi connectivity index (χ0v) is 10.9. The van der Waals surface area contributed by atoms with Crippen LogP contribution in [0, 0.1) is 0 Å². The van der Waals surface area contributed by atoms with Crippen LogP contribution in [0.1, 0.15) is 15.9 Å². The van der Waals surface area contributed by atoms with Crippen molar-refractivity contribution >= 4 is 11.8 Å². The summed E-state index contributed by atoms with van der Waals surface area (Å²) in [5, 5.41) is 5.71. The number of nitrogens with one attached hydrogen (secondary N) is 2. The van der Waals surface area contributed by atoms with Crippen molar-refractivity contribution in [3.8, 4) is 0 Å². The fraction of sp³-hybridized carbons (Fsp3) is 0.385. The fourth-order valence-corrected chi connectivity index (χ4v) is 1.46. The molecule has 0 spiro atoms. The van der Waals surface area contributed by atoms with Crippen molar-refractivity contribution in [1.29, 1.82) is 0 Å². The summed E-state index contributed by atoms with van der Waals surface area (Å²) in [7, 11) is 1.58. The predicted octanol–water partition coefficient (Wildman–Crippen LogP) is -0.362. The highest BCUT2D eigenvalue weighted by molar-refractivity contribution is 5.92. The average Bonchev–Trinajstić information content (AvgIpc) is 2.39. The number of amides is 2. The molecule has 0 aliphatic rings. The van der Waals surface area contributed by atoms with Crippen LogP contribution in [-0.2, 0) is 16.1 Å². The summed E-state index contributed by atoms with van der Waals surface area (Å²) in [5.74, 6) is -0.525. The fourth-order valence-electron chi connectivity index (χ4n) is 1.46. The first-order valence-electron chi connectivity index (χ1n) is 5.98. The SMILES string of the molecule is COCCNC(=O)CNCc1ccc(C(N)=O)cc1. The number of ether oxygens (including phenoxy) is 1. The van der Waals surface area contributed by atoms with Crippen molar-refractivity contribution in [2.24, 2.45) is 5.73 Å². The van der Waals surface area contributed by atoms with Gasteiger partial charge in [0, 0.05) is 25.8 Å². The van der Waals surface area contributed by atoms with Crippen molar-refractivity contribution in [2.75, 3.05) is 26.8 Å². The van der Waals surface area contributed by atoms with Gasteiger partial charge in [-0.15, -0.1) is 0 Å². The number of methoxy groups -OCH3 is 1. The highest BCUT2D eigenvalue weighted by Crippen LogP contribution is 2.03. The van der Waals surface area contributed by atoms with Crippen molar-refractivity contribution in [3.63, 3.8) is 0 Å². The Morgan fingerprint density at radius 1 is 1.26 bits per heavy atom. The van der Waals surface area contributed by atoms with E-state index in [-0.39, 0.29) is 12.5 Å². The Balaban J connectivity index is 2.25. The molecule has 1 aromatic carbocycles. The van der Waals surface area contributed by atoms with E-state index in [1.807, 2.05) is 0 Å². The van der Waals surface area contributed by atoms with E-state index < -0.39 is 5.91 Å². The molecule has 0 aliphatic heterocycles. The van der Waals surface area contributed by atoms with Crippen LogP contribution in [-0.4, -0.2) is 38.6 Å². The van der Waals surface area contributed by atoms with Crippen LogP contribution in [0.2, 0.25) is 0 Å². The molecule has 0 aromatic heterocycles. The predicted molar refractivity (Wildman–Crippen MR) is 71.6 cm³/mol. The summed E-state index contributed by atoms with van der Waals surface area (Å²) < 4.78 is 4.82. The van der Waals surface area contributed by atoms with Crippen LogP contribution >= 0.6 is 0 Å². The van der Waals surface area contributed by atoms with E-state index in [2.05, 4.69) is 10.6 Å². The molecular weight excluding hydrogens is 246 g/mol. The number of nitrogens with two attached hydrogens (primary N) is 1. The van der Waals surface area contributed by atoms with E-state index in [0.29, 0.717) is 25.3 Å². The van der Waals surface area contributed by atoms with Gasteiger partial charge >= 0.3 is 0 Å². The highest BCUT2D eigenvalue weighted by atomic mass is 16.5. The third kappa shape index (κ3) is 5.98. The van der Waals surface area contributed by atoms with Gasteiger partial charge < -0.3 is 21.1 Å². The van der Waals surface area contributed by atoms with E-state index in [1.54, 1.807) is 31.4 Å². The van der Waals surface area contributed by atoms with Gasteiger partial charge in [-0.2, -0.15) is 0 Å². The number of benzene rings is 1. The maximum atomic E-state index is 11.4. The first-order valence-corrected chi connectivity index (χ1v) is 5.98. The Kier molecular flexibility index (Phi) is 6.56. The molecule has 6 heteroatoms. The zero-order chi connectivity index (χ0) is 14.1. The third-order valence-electron chi connectivity index (χ3n) is 2.48. The zero-order valence-electron chi connectivity index (χ0n) is 10.9. The summed E-state index contributed by atoms with van der Waals surface area (Å²) >= 11 is 0. The summed E-state index contributed by atoms with van der Waals surface area (Å²) in [6, 6.07) is 6.93. The molecule has 2 amide bonds. The first kappa shape index (κ1) is 15.1. The lowest BCUT2D eigenvalue weighted by Gasteiger charge is -2.06. The Bertz CT molecular complexity index is 418. The molecular formula is C13H19N3O3. The summed E-state index contributed by atoms with van der Waals surface area (Å²) in [6.45, 7) is 1.79. The topological polar surface area (TPSA) is 93.4 Å². The van der Waals surface area contributed by atoms with Gasteiger partial charge in [-0.05, 0) is 17.7 Å². The largest absolute Gasteiger partial charge is 0.383 e. The smallest absolute Gasteiger partial charge is 0.248 e. The number of carbonyl (C=O) groups excluding carboxylic acids is 2. The average molecular weight is 265 g/mol. The van der Waals surface area contributed by atoms with Crippen LogP contribution in [0.5, 0.6) is 0 Å². The van der Waals surface area contributed by atoms with Crippen molar-refractivity contribution < 1.29 is 14.3 Å². The van der Waals surface area contributed by atoms with E-state index in [9.17, 15) is 9.59 Å². The molecule has 19 heavy (non-hydrogen) atoms. The molecule has 4 N–H and O–H groups in total. The van der Waals surface area contributed by atoms with Gasteiger partial charge in [0.1, 0.15) is 0 Å². The summed E-state index contributed by atoms with van der Waals surface area (Å²) in [5.41, 5.74) is 6.60. The van der Waals surface area contributed by atoms with E-state index in [4.69, 9.17) is 10.5 Å². The van der Waals surface area contributed by atoms with Gasteiger partial charge in [-0.1, -0.05) is 12.1 Å². The summed E-state index contributed by atoms with van der Waals surface area (Å²) in [6.07, 6.45) is 0. The lowest BCUT2D eigenvalue weighted by atomic mass is 10.1. The monoisotopic (exact) mass is 265 g/mol. The molecule has 0 aliphatic carbocycles. The van der Waals surface area contributed by atoms with Crippen molar-refractivity contribution in [3.05, 3.63) is 35.4 Å². The number of primary amides is 1. The minimum Gasteiger partial charge on any atom is -0.383 e. The Hall–Kier alpha value is -1.92. The second-order valence-corrected chi connectivity index (χ2v) is 4.01. The maximum Gasteiger partial charge on any atom is 0.248 e. The Labute approximate surface area is 112 Å². The number of rotatable bonds is 8. The lowest BCUT2D eigenvalue weighted by Crippen LogP contribution is -2.35. The normalized spacial score (nSPS) is 10.2.